The van der Waals surface area contributed by atoms with Crippen molar-refractivity contribution in [1.29, 1.82) is 0 Å². The van der Waals surface area contributed by atoms with Gasteiger partial charge >= 0.3 is 0 Å². The van der Waals surface area contributed by atoms with Crippen molar-refractivity contribution in [3.63, 3.8) is 0 Å². The molecule has 0 aliphatic carbocycles. The van der Waals surface area contributed by atoms with Gasteiger partial charge in [-0.1, -0.05) is 13.8 Å². The van der Waals surface area contributed by atoms with Crippen LogP contribution < -0.4 is 5.32 Å². The van der Waals surface area contributed by atoms with Gasteiger partial charge in [0.15, 0.2) is 0 Å². The molecule has 0 radical (unpaired) electrons. The summed E-state index contributed by atoms with van der Waals surface area (Å²) in [6.07, 6.45) is 7.32. The Labute approximate surface area is 107 Å². The first kappa shape index (κ1) is 13.7. The van der Waals surface area contributed by atoms with Crippen molar-refractivity contribution in [3.05, 3.63) is 28.5 Å². The van der Waals surface area contributed by atoms with Gasteiger partial charge in [-0.25, -0.2) is 0 Å². The predicted octanol–water partition coefficient (Wildman–Crippen LogP) is 3.41. The van der Waals surface area contributed by atoms with Crippen LogP contribution in [0.5, 0.6) is 0 Å². The fourth-order valence-corrected chi connectivity index (χ4v) is 2.15. The number of aromatic nitrogens is 1. The quantitative estimate of drug-likeness (QED) is 0.866. The zero-order chi connectivity index (χ0) is 12.0. The lowest BCUT2D eigenvalue weighted by atomic mass is 9.99. The van der Waals surface area contributed by atoms with E-state index >= 15 is 0 Å². The summed E-state index contributed by atoms with van der Waals surface area (Å²) in [6.45, 7) is 4.54. The van der Waals surface area contributed by atoms with Crippen molar-refractivity contribution in [2.24, 2.45) is 5.92 Å². The third-order valence-electron chi connectivity index (χ3n) is 2.74. The van der Waals surface area contributed by atoms with Crippen LogP contribution in [0, 0.1) is 5.92 Å². The molecular formula is C13H21BrN2. The Kier molecular flexibility index (Phi) is 5.99. The first-order valence-electron chi connectivity index (χ1n) is 5.88. The molecule has 1 heterocycles. The van der Waals surface area contributed by atoms with E-state index in [0.717, 1.165) is 16.8 Å². The number of hydrogen-bond acceptors (Lipinski definition) is 2. The van der Waals surface area contributed by atoms with Crippen molar-refractivity contribution in [2.75, 3.05) is 7.05 Å². The minimum absolute atomic E-state index is 0.554. The summed E-state index contributed by atoms with van der Waals surface area (Å²) < 4.78 is 1.06. The molecule has 0 bridgehead atoms. The molecule has 0 aromatic carbocycles. The summed E-state index contributed by atoms with van der Waals surface area (Å²) in [7, 11) is 2.04. The van der Waals surface area contributed by atoms with E-state index in [0.29, 0.717) is 6.04 Å². The molecule has 1 atom stereocenters. The highest BCUT2D eigenvalue weighted by atomic mass is 79.9. The van der Waals surface area contributed by atoms with Crippen LogP contribution in [-0.4, -0.2) is 18.1 Å². The second kappa shape index (κ2) is 7.02. The van der Waals surface area contributed by atoms with Gasteiger partial charge in [-0.3, -0.25) is 4.98 Å². The van der Waals surface area contributed by atoms with Crippen LogP contribution in [0.1, 0.15) is 32.3 Å². The van der Waals surface area contributed by atoms with Gasteiger partial charge in [0.2, 0.25) is 0 Å². The summed E-state index contributed by atoms with van der Waals surface area (Å²) in [5.41, 5.74) is 1.29. The van der Waals surface area contributed by atoms with Gasteiger partial charge in [0, 0.05) is 22.9 Å². The fourth-order valence-electron chi connectivity index (χ4n) is 1.73. The fraction of sp³-hybridized carbons (Fsp3) is 0.615. The maximum atomic E-state index is 4.19. The molecule has 90 valence electrons. The van der Waals surface area contributed by atoms with Gasteiger partial charge in [-0.05, 0) is 59.8 Å². The van der Waals surface area contributed by atoms with Crippen molar-refractivity contribution in [1.82, 2.24) is 10.3 Å². The molecule has 0 aliphatic rings. The molecule has 0 saturated heterocycles. The Morgan fingerprint density at radius 3 is 2.62 bits per heavy atom. The van der Waals surface area contributed by atoms with Crippen LogP contribution >= 0.6 is 15.9 Å². The molecule has 1 aromatic heterocycles. The van der Waals surface area contributed by atoms with Gasteiger partial charge in [-0.15, -0.1) is 0 Å². The normalized spacial score (nSPS) is 13.1. The maximum absolute atomic E-state index is 4.19. The van der Waals surface area contributed by atoms with Gasteiger partial charge in [0.1, 0.15) is 0 Å². The molecule has 3 heteroatoms. The second-order valence-electron chi connectivity index (χ2n) is 4.67. The topological polar surface area (TPSA) is 24.9 Å². The van der Waals surface area contributed by atoms with E-state index in [1.807, 2.05) is 19.4 Å². The highest BCUT2D eigenvalue weighted by molar-refractivity contribution is 9.10. The lowest BCUT2D eigenvalue weighted by Crippen LogP contribution is -2.28. The zero-order valence-corrected chi connectivity index (χ0v) is 11.9. The van der Waals surface area contributed by atoms with Crippen molar-refractivity contribution in [2.45, 2.75) is 39.2 Å². The number of nitrogens with one attached hydrogen (secondary N) is 1. The summed E-state index contributed by atoms with van der Waals surface area (Å²) in [4.78, 5) is 4.19. The first-order valence-corrected chi connectivity index (χ1v) is 6.67. The number of halogens is 1. The standard InChI is InChI=1S/C13H21BrN2/c1-10(2)4-5-13(15-3)7-11-6-12(14)9-16-8-11/h6,8-10,13,15H,4-5,7H2,1-3H3. The van der Waals surface area contributed by atoms with E-state index in [9.17, 15) is 0 Å². The van der Waals surface area contributed by atoms with E-state index < -0.39 is 0 Å². The third-order valence-corrected chi connectivity index (χ3v) is 3.18. The van der Waals surface area contributed by atoms with Crippen LogP contribution in [-0.2, 0) is 6.42 Å². The van der Waals surface area contributed by atoms with Crippen molar-refractivity contribution < 1.29 is 0 Å². The SMILES string of the molecule is CNC(CCC(C)C)Cc1cncc(Br)c1. The molecule has 1 N–H and O–H groups in total. The van der Waals surface area contributed by atoms with Crippen molar-refractivity contribution in [3.8, 4) is 0 Å². The summed E-state index contributed by atoms with van der Waals surface area (Å²) in [6, 6.07) is 2.70. The Bertz CT molecular complexity index is 313. The van der Waals surface area contributed by atoms with Crippen LogP contribution in [0.2, 0.25) is 0 Å². The van der Waals surface area contributed by atoms with Crippen LogP contribution in [0.3, 0.4) is 0 Å². The van der Waals surface area contributed by atoms with Gasteiger partial charge in [0.05, 0.1) is 0 Å². The van der Waals surface area contributed by atoms with Crippen LogP contribution in [0.25, 0.3) is 0 Å². The predicted molar refractivity (Wildman–Crippen MR) is 72.6 cm³/mol. The molecular weight excluding hydrogens is 264 g/mol. The van der Waals surface area contributed by atoms with E-state index in [1.165, 1.54) is 18.4 Å². The maximum Gasteiger partial charge on any atom is 0.0410 e. The Morgan fingerprint density at radius 2 is 2.06 bits per heavy atom. The number of rotatable bonds is 6. The van der Waals surface area contributed by atoms with Gasteiger partial charge in [0.25, 0.3) is 0 Å². The summed E-state index contributed by atoms with van der Waals surface area (Å²) in [5.74, 6) is 0.775. The van der Waals surface area contributed by atoms with Crippen molar-refractivity contribution >= 4 is 15.9 Å². The van der Waals surface area contributed by atoms with Crippen LogP contribution in [0.4, 0.5) is 0 Å². The molecule has 2 nitrogen and oxygen atoms in total. The molecule has 1 aromatic rings. The minimum atomic E-state index is 0.554. The number of nitrogens with zero attached hydrogens (tertiary/aromatic N) is 1. The second-order valence-corrected chi connectivity index (χ2v) is 5.59. The number of pyridine rings is 1. The molecule has 1 unspecified atom stereocenters. The Hall–Kier alpha value is -0.410. The molecule has 0 aliphatic heterocycles. The lowest BCUT2D eigenvalue weighted by Gasteiger charge is -2.17. The van der Waals surface area contributed by atoms with E-state index in [1.54, 1.807) is 0 Å². The Morgan fingerprint density at radius 1 is 1.31 bits per heavy atom. The minimum Gasteiger partial charge on any atom is -0.317 e. The number of hydrogen-bond donors (Lipinski definition) is 1. The molecule has 1 rings (SSSR count). The molecule has 0 fully saturated rings. The molecule has 0 spiro atoms. The van der Waals surface area contributed by atoms with Crippen LogP contribution in [0.15, 0.2) is 22.9 Å². The summed E-state index contributed by atoms with van der Waals surface area (Å²) >= 11 is 3.45. The van der Waals surface area contributed by atoms with Gasteiger partial charge < -0.3 is 5.32 Å². The lowest BCUT2D eigenvalue weighted by molar-refractivity contribution is 0.450. The number of likely N-dealkylation sites (N-methyl/N-ethyl adjacent to an activating group) is 1. The molecule has 0 saturated carbocycles. The monoisotopic (exact) mass is 284 g/mol. The Balaban J connectivity index is 2.49. The molecule has 16 heavy (non-hydrogen) atoms. The van der Waals surface area contributed by atoms with E-state index in [2.05, 4.69) is 46.1 Å². The zero-order valence-electron chi connectivity index (χ0n) is 10.3. The average molecular weight is 285 g/mol. The first-order chi connectivity index (χ1) is 7.61. The largest absolute Gasteiger partial charge is 0.317 e. The van der Waals surface area contributed by atoms with E-state index in [4.69, 9.17) is 0 Å². The third kappa shape index (κ3) is 5.08. The molecule has 0 amide bonds. The highest BCUT2D eigenvalue weighted by Crippen LogP contribution is 2.14. The smallest absolute Gasteiger partial charge is 0.0410 e. The summed E-state index contributed by atoms with van der Waals surface area (Å²) in [5, 5.41) is 3.38. The highest BCUT2D eigenvalue weighted by Gasteiger charge is 2.08. The van der Waals surface area contributed by atoms with Gasteiger partial charge in [-0.2, -0.15) is 0 Å². The average Bonchev–Trinajstić information content (AvgIpc) is 2.24. The van der Waals surface area contributed by atoms with E-state index in [-0.39, 0.29) is 0 Å².